The first kappa shape index (κ1) is 17.8. The fourth-order valence-corrected chi connectivity index (χ4v) is 3.83. The zero-order valence-electron chi connectivity index (χ0n) is 15.1. The molecule has 1 unspecified atom stereocenters. The summed E-state index contributed by atoms with van der Waals surface area (Å²) < 4.78 is 17.8. The van der Waals surface area contributed by atoms with Crippen molar-refractivity contribution >= 4 is 22.1 Å². The van der Waals surface area contributed by atoms with E-state index in [2.05, 4.69) is 41.0 Å². The first-order valence-corrected chi connectivity index (χ1v) is 9.32. The fourth-order valence-electron chi connectivity index (χ4n) is 3.03. The van der Waals surface area contributed by atoms with Crippen molar-refractivity contribution in [2.45, 2.75) is 6.42 Å². The lowest BCUT2D eigenvalue weighted by atomic mass is 10.0. The molecule has 0 aliphatic heterocycles. The van der Waals surface area contributed by atoms with E-state index < -0.39 is 11.2 Å². The number of hydrogen-bond acceptors (Lipinski definition) is 2. The van der Waals surface area contributed by atoms with Gasteiger partial charge in [-0.25, -0.2) is 12.8 Å². The van der Waals surface area contributed by atoms with Crippen molar-refractivity contribution in [3.63, 3.8) is 0 Å². The minimum atomic E-state index is -1.09. The second-order valence-electron chi connectivity index (χ2n) is 6.38. The summed E-state index contributed by atoms with van der Waals surface area (Å²) in [7, 11) is 7.61. The van der Waals surface area contributed by atoms with Crippen molar-refractivity contribution in [3.8, 4) is 11.1 Å². The maximum Gasteiger partial charge on any atom is 0.171 e. The Morgan fingerprint density at radius 1 is 1.08 bits per heavy atom. The van der Waals surface area contributed by atoms with Gasteiger partial charge in [0.1, 0.15) is 0 Å². The SMILES string of the molecule is CN(C)S(=O)N(C)CCc1cn(C)c2cc(-c3ccncc3)ccc12. The molecule has 0 spiro atoms. The Kier molecular flexibility index (Phi) is 5.32. The third kappa shape index (κ3) is 3.81. The van der Waals surface area contributed by atoms with E-state index in [1.165, 1.54) is 27.6 Å². The molecule has 0 aliphatic carbocycles. The van der Waals surface area contributed by atoms with E-state index in [1.54, 1.807) is 4.31 Å². The molecule has 3 rings (SSSR count). The maximum absolute atomic E-state index is 12.1. The summed E-state index contributed by atoms with van der Waals surface area (Å²) in [4.78, 5) is 4.08. The summed E-state index contributed by atoms with van der Waals surface area (Å²) in [6.45, 7) is 0.746. The Morgan fingerprint density at radius 2 is 1.80 bits per heavy atom. The highest BCUT2D eigenvalue weighted by molar-refractivity contribution is 7.80. The van der Waals surface area contributed by atoms with Gasteiger partial charge in [-0.15, -0.1) is 0 Å². The number of likely N-dealkylation sites (N-methyl/N-ethyl adjacent to an activating group) is 1. The molecular formula is C19H24N4OS. The molecule has 0 aliphatic rings. The number of hydrogen-bond donors (Lipinski definition) is 0. The van der Waals surface area contributed by atoms with Gasteiger partial charge in [0.15, 0.2) is 11.2 Å². The van der Waals surface area contributed by atoms with Crippen LogP contribution in [0, 0.1) is 0 Å². The number of aromatic nitrogens is 2. The Morgan fingerprint density at radius 3 is 2.48 bits per heavy atom. The Balaban J connectivity index is 1.85. The van der Waals surface area contributed by atoms with Gasteiger partial charge in [0, 0.05) is 64.2 Å². The summed E-state index contributed by atoms with van der Waals surface area (Å²) in [5, 5.41) is 1.25. The monoisotopic (exact) mass is 356 g/mol. The first-order chi connectivity index (χ1) is 12.0. The topological polar surface area (TPSA) is 41.4 Å². The van der Waals surface area contributed by atoms with E-state index in [9.17, 15) is 4.21 Å². The molecule has 132 valence electrons. The smallest absolute Gasteiger partial charge is 0.171 e. The zero-order chi connectivity index (χ0) is 18.0. The summed E-state index contributed by atoms with van der Waals surface area (Å²) >= 11 is -1.09. The van der Waals surface area contributed by atoms with Crippen molar-refractivity contribution in [3.05, 3.63) is 54.5 Å². The number of rotatable bonds is 6. The standard InChI is InChI=1S/C19H24N4OS/c1-21(2)25(24)23(4)12-9-17-14-22(3)19-13-16(5-6-18(17)19)15-7-10-20-11-8-15/h5-8,10-11,13-14H,9,12H2,1-4H3. The fraction of sp³-hybridized carbons (Fsp3) is 0.316. The lowest BCUT2D eigenvalue weighted by molar-refractivity contribution is 0.479. The van der Waals surface area contributed by atoms with Crippen LogP contribution in [0.3, 0.4) is 0 Å². The number of nitrogens with zero attached hydrogens (tertiary/aromatic N) is 4. The van der Waals surface area contributed by atoms with Crippen LogP contribution in [0.2, 0.25) is 0 Å². The van der Waals surface area contributed by atoms with Gasteiger partial charge in [0.2, 0.25) is 0 Å². The average molecular weight is 356 g/mol. The van der Waals surface area contributed by atoms with E-state index in [4.69, 9.17) is 0 Å². The lowest BCUT2D eigenvalue weighted by Crippen LogP contribution is -2.32. The summed E-state index contributed by atoms with van der Waals surface area (Å²) in [6.07, 6.45) is 6.67. The second kappa shape index (κ2) is 7.47. The molecule has 3 aromatic rings. The molecule has 25 heavy (non-hydrogen) atoms. The number of pyridine rings is 1. The lowest BCUT2D eigenvalue weighted by Gasteiger charge is -2.19. The number of benzene rings is 1. The van der Waals surface area contributed by atoms with Gasteiger partial charge >= 0.3 is 0 Å². The van der Waals surface area contributed by atoms with Crippen LogP contribution in [0.15, 0.2) is 48.9 Å². The molecule has 0 saturated heterocycles. The summed E-state index contributed by atoms with van der Waals surface area (Å²) in [6, 6.07) is 10.6. The maximum atomic E-state index is 12.1. The summed E-state index contributed by atoms with van der Waals surface area (Å²) in [5.74, 6) is 0. The molecule has 1 atom stereocenters. The molecule has 0 fully saturated rings. The largest absolute Gasteiger partial charge is 0.350 e. The van der Waals surface area contributed by atoms with Crippen LogP contribution in [0.5, 0.6) is 0 Å². The molecular weight excluding hydrogens is 332 g/mol. The van der Waals surface area contributed by atoms with Crippen molar-refractivity contribution in [2.75, 3.05) is 27.7 Å². The van der Waals surface area contributed by atoms with Crippen LogP contribution in [-0.4, -0.2) is 50.1 Å². The van der Waals surface area contributed by atoms with E-state index in [0.29, 0.717) is 0 Å². The van der Waals surface area contributed by atoms with E-state index in [1.807, 2.05) is 50.0 Å². The Bertz CT molecular complexity index is 889. The van der Waals surface area contributed by atoms with Gasteiger partial charge < -0.3 is 4.57 Å². The van der Waals surface area contributed by atoms with Gasteiger partial charge in [0.25, 0.3) is 0 Å². The van der Waals surface area contributed by atoms with E-state index >= 15 is 0 Å². The van der Waals surface area contributed by atoms with Crippen LogP contribution in [-0.2, 0) is 24.6 Å². The average Bonchev–Trinajstić information content (AvgIpc) is 2.95. The van der Waals surface area contributed by atoms with Crippen molar-refractivity contribution < 1.29 is 4.21 Å². The Hall–Kier alpha value is -2.02. The third-order valence-corrected chi connectivity index (χ3v) is 5.70. The van der Waals surface area contributed by atoms with Crippen LogP contribution in [0.25, 0.3) is 22.0 Å². The van der Waals surface area contributed by atoms with Gasteiger partial charge in [0.05, 0.1) is 0 Å². The van der Waals surface area contributed by atoms with Crippen molar-refractivity contribution in [2.24, 2.45) is 7.05 Å². The highest BCUT2D eigenvalue weighted by Crippen LogP contribution is 2.27. The summed E-state index contributed by atoms with van der Waals surface area (Å²) in [5.41, 5.74) is 4.84. The highest BCUT2D eigenvalue weighted by atomic mass is 32.2. The van der Waals surface area contributed by atoms with Gasteiger partial charge in [-0.3, -0.25) is 4.98 Å². The quantitative estimate of drug-likeness (QED) is 0.681. The van der Waals surface area contributed by atoms with Crippen LogP contribution in [0.4, 0.5) is 0 Å². The van der Waals surface area contributed by atoms with Gasteiger partial charge in [-0.05, 0) is 41.3 Å². The van der Waals surface area contributed by atoms with Crippen molar-refractivity contribution in [1.82, 2.24) is 18.2 Å². The van der Waals surface area contributed by atoms with Gasteiger partial charge in [-0.2, -0.15) is 0 Å². The van der Waals surface area contributed by atoms with Crippen LogP contribution >= 0.6 is 0 Å². The minimum Gasteiger partial charge on any atom is -0.350 e. The Labute approximate surface area is 151 Å². The molecule has 0 radical (unpaired) electrons. The minimum absolute atomic E-state index is 0.746. The first-order valence-electron chi connectivity index (χ1n) is 8.26. The zero-order valence-corrected chi connectivity index (χ0v) is 16.0. The van der Waals surface area contributed by atoms with E-state index in [0.717, 1.165) is 13.0 Å². The van der Waals surface area contributed by atoms with Crippen LogP contribution < -0.4 is 0 Å². The predicted molar refractivity (Wildman–Crippen MR) is 104 cm³/mol. The van der Waals surface area contributed by atoms with Crippen LogP contribution in [0.1, 0.15) is 5.56 Å². The second-order valence-corrected chi connectivity index (χ2v) is 8.19. The molecule has 0 amide bonds. The molecule has 2 aromatic heterocycles. The third-order valence-electron chi connectivity index (χ3n) is 4.36. The number of fused-ring (bicyclic) bond motifs is 1. The number of aryl methyl sites for hydroxylation is 1. The molecule has 0 bridgehead atoms. The van der Waals surface area contributed by atoms with Gasteiger partial charge in [-0.1, -0.05) is 12.1 Å². The molecule has 0 N–H and O–H groups in total. The molecule has 0 saturated carbocycles. The molecule has 6 heteroatoms. The molecule has 5 nitrogen and oxygen atoms in total. The predicted octanol–water partition coefficient (Wildman–Crippen LogP) is 2.85. The highest BCUT2D eigenvalue weighted by Gasteiger charge is 2.13. The van der Waals surface area contributed by atoms with E-state index in [-0.39, 0.29) is 0 Å². The molecule has 2 heterocycles. The van der Waals surface area contributed by atoms with Crippen molar-refractivity contribution in [1.29, 1.82) is 0 Å². The molecule has 1 aromatic carbocycles. The normalized spacial score (nSPS) is 13.0.